The molecule has 2 rings (SSSR count). The molecule has 2 fully saturated rings. The van der Waals surface area contributed by atoms with Crippen LogP contribution in [0.25, 0.3) is 0 Å². The molecule has 2 heterocycles. The third-order valence-corrected chi connectivity index (χ3v) is 3.60. The van der Waals surface area contributed by atoms with Crippen molar-refractivity contribution in [2.75, 3.05) is 26.3 Å². The average molecular weight is 309 g/mol. The first-order valence-corrected chi connectivity index (χ1v) is 6.98. The van der Waals surface area contributed by atoms with Gasteiger partial charge in [0.05, 0.1) is 12.0 Å². The Hall–Kier alpha value is -1.31. The highest BCUT2D eigenvalue weighted by Crippen LogP contribution is 2.24. The molecule has 0 radical (unpaired) electrons. The molecule has 2 saturated heterocycles. The zero-order chi connectivity index (χ0) is 15.5. The first kappa shape index (κ1) is 16.1. The highest BCUT2D eigenvalue weighted by molar-refractivity contribution is 5.86. The van der Waals surface area contributed by atoms with Crippen molar-refractivity contribution in [3.8, 4) is 0 Å². The Kier molecular flexibility index (Phi) is 5.08. The highest BCUT2D eigenvalue weighted by Gasteiger charge is 2.41. The molecular weight excluding hydrogens is 291 g/mol. The summed E-state index contributed by atoms with van der Waals surface area (Å²) in [6.07, 6.45) is -2.04. The van der Waals surface area contributed by atoms with Crippen LogP contribution in [0.2, 0.25) is 0 Å². The number of halogens is 3. The van der Waals surface area contributed by atoms with E-state index in [-0.39, 0.29) is 25.7 Å². The largest absolute Gasteiger partial charge is 0.463 e. The summed E-state index contributed by atoms with van der Waals surface area (Å²) in [6, 6.07) is 0. The van der Waals surface area contributed by atoms with Crippen LogP contribution in [0.1, 0.15) is 25.7 Å². The Labute approximate surface area is 120 Å². The fraction of sp³-hybridized carbons (Fsp3) is 0.846. The second-order valence-corrected chi connectivity index (χ2v) is 5.41. The number of ether oxygens (including phenoxy) is 2. The Morgan fingerprint density at radius 3 is 2.76 bits per heavy atom. The summed E-state index contributed by atoms with van der Waals surface area (Å²) in [5.41, 5.74) is 0. The number of amides is 1. The van der Waals surface area contributed by atoms with E-state index < -0.39 is 30.5 Å². The van der Waals surface area contributed by atoms with Crippen molar-refractivity contribution in [1.82, 2.24) is 4.90 Å². The molecule has 21 heavy (non-hydrogen) atoms. The molecule has 0 aliphatic carbocycles. The van der Waals surface area contributed by atoms with E-state index >= 15 is 0 Å². The lowest BCUT2D eigenvalue weighted by molar-refractivity contribution is -0.158. The smallest absolute Gasteiger partial charge is 0.406 e. The summed E-state index contributed by atoms with van der Waals surface area (Å²) in [5.74, 6) is -2.10. The molecule has 2 unspecified atom stereocenters. The molecule has 0 spiro atoms. The van der Waals surface area contributed by atoms with Gasteiger partial charge in [0.1, 0.15) is 13.2 Å². The molecule has 8 heteroatoms. The Balaban J connectivity index is 1.77. The van der Waals surface area contributed by atoms with Gasteiger partial charge in [-0.1, -0.05) is 0 Å². The number of nitrogens with zero attached hydrogens (tertiary/aromatic N) is 1. The van der Waals surface area contributed by atoms with Crippen molar-refractivity contribution < 1.29 is 32.2 Å². The molecule has 0 saturated carbocycles. The van der Waals surface area contributed by atoms with Gasteiger partial charge in [-0.2, -0.15) is 13.2 Å². The van der Waals surface area contributed by atoms with Crippen molar-refractivity contribution in [2.24, 2.45) is 5.92 Å². The second kappa shape index (κ2) is 6.64. The summed E-state index contributed by atoms with van der Waals surface area (Å²) >= 11 is 0. The topological polar surface area (TPSA) is 55.8 Å². The van der Waals surface area contributed by atoms with Gasteiger partial charge in [0.15, 0.2) is 0 Å². The molecule has 1 amide bonds. The van der Waals surface area contributed by atoms with Crippen molar-refractivity contribution in [3.05, 3.63) is 0 Å². The van der Waals surface area contributed by atoms with E-state index in [4.69, 9.17) is 9.47 Å². The van der Waals surface area contributed by atoms with Gasteiger partial charge in [-0.05, 0) is 19.3 Å². The lowest BCUT2D eigenvalue weighted by Crippen LogP contribution is -2.36. The number of carbonyl (C=O) groups is 2. The third kappa shape index (κ3) is 4.87. The fourth-order valence-electron chi connectivity index (χ4n) is 2.53. The number of hydrogen-bond donors (Lipinski definition) is 0. The van der Waals surface area contributed by atoms with E-state index in [1.54, 1.807) is 0 Å². The lowest BCUT2D eigenvalue weighted by Gasteiger charge is -2.22. The van der Waals surface area contributed by atoms with Crippen LogP contribution in [-0.2, 0) is 19.1 Å². The number of hydrogen-bond acceptors (Lipinski definition) is 4. The summed E-state index contributed by atoms with van der Waals surface area (Å²) in [4.78, 5) is 23.9. The van der Waals surface area contributed by atoms with E-state index in [0.29, 0.717) is 11.5 Å². The van der Waals surface area contributed by atoms with Crippen molar-refractivity contribution in [1.29, 1.82) is 0 Å². The highest BCUT2D eigenvalue weighted by atomic mass is 19.4. The molecule has 2 aliphatic heterocycles. The van der Waals surface area contributed by atoms with Crippen molar-refractivity contribution in [2.45, 2.75) is 38.0 Å². The van der Waals surface area contributed by atoms with Crippen molar-refractivity contribution >= 4 is 11.9 Å². The van der Waals surface area contributed by atoms with Crippen LogP contribution in [0.3, 0.4) is 0 Å². The first-order valence-electron chi connectivity index (χ1n) is 6.98. The SMILES string of the molecule is O=C(OCC1CCCCO1)C1CC(=O)N(CC(F)(F)F)C1. The number of rotatable bonds is 4. The zero-order valence-corrected chi connectivity index (χ0v) is 11.5. The molecule has 0 N–H and O–H groups in total. The maximum absolute atomic E-state index is 12.3. The third-order valence-electron chi connectivity index (χ3n) is 3.60. The standard InChI is InChI=1S/C13H18F3NO4/c14-13(15,16)8-17-6-9(5-11(17)18)12(19)21-7-10-3-1-2-4-20-10/h9-10H,1-8H2. The average Bonchev–Trinajstić information content (AvgIpc) is 2.77. The normalized spacial score (nSPS) is 27.0. The summed E-state index contributed by atoms with van der Waals surface area (Å²) in [5, 5.41) is 0. The van der Waals surface area contributed by atoms with Gasteiger partial charge in [0.2, 0.25) is 5.91 Å². The van der Waals surface area contributed by atoms with E-state index in [0.717, 1.165) is 19.3 Å². The lowest BCUT2D eigenvalue weighted by atomic mass is 10.1. The van der Waals surface area contributed by atoms with Gasteiger partial charge >= 0.3 is 12.1 Å². The predicted molar refractivity (Wildman–Crippen MR) is 65.3 cm³/mol. The molecule has 0 bridgehead atoms. The quantitative estimate of drug-likeness (QED) is 0.739. The summed E-state index contributed by atoms with van der Waals surface area (Å²) in [6.45, 7) is -0.823. The van der Waals surface area contributed by atoms with Crippen LogP contribution in [0.4, 0.5) is 13.2 Å². The molecule has 120 valence electrons. The minimum Gasteiger partial charge on any atom is -0.463 e. The number of esters is 1. The van der Waals surface area contributed by atoms with Gasteiger partial charge in [0, 0.05) is 19.6 Å². The minimum atomic E-state index is -4.45. The van der Waals surface area contributed by atoms with E-state index in [1.165, 1.54) is 0 Å². The minimum absolute atomic E-state index is 0.1000. The van der Waals surface area contributed by atoms with Gasteiger partial charge < -0.3 is 14.4 Å². The fourth-order valence-corrected chi connectivity index (χ4v) is 2.53. The van der Waals surface area contributed by atoms with Crippen molar-refractivity contribution in [3.63, 3.8) is 0 Å². The van der Waals surface area contributed by atoms with Crippen LogP contribution in [0.15, 0.2) is 0 Å². The number of carbonyl (C=O) groups excluding carboxylic acids is 2. The Morgan fingerprint density at radius 2 is 2.14 bits per heavy atom. The number of alkyl halides is 3. The zero-order valence-electron chi connectivity index (χ0n) is 11.5. The monoisotopic (exact) mass is 309 g/mol. The molecule has 2 atom stereocenters. The molecule has 5 nitrogen and oxygen atoms in total. The first-order chi connectivity index (χ1) is 9.85. The molecule has 0 aromatic carbocycles. The number of likely N-dealkylation sites (tertiary alicyclic amines) is 1. The van der Waals surface area contributed by atoms with E-state index in [1.807, 2.05) is 0 Å². The summed E-state index contributed by atoms with van der Waals surface area (Å²) < 4.78 is 47.3. The molecule has 0 aromatic rings. The van der Waals surface area contributed by atoms with Gasteiger partial charge in [-0.15, -0.1) is 0 Å². The maximum atomic E-state index is 12.3. The predicted octanol–water partition coefficient (Wildman–Crippen LogP) is 1.51. The van der Waals surface area contributed by atoms with Gasteiger partial charge in [0.25, 0.3) is 0 Å². The maximum Gasteiger partial charge on any atom is 0.406 e. The van der Waals surface area contributed by atoms with Crippen LogP contribution in [0, 0.1) is 5.92 Å². The van der Waals surface area contributed by atoms with Crippen LogP contribution in [-0.4, -0.2) is 55.4 Å². The van der Waals surface area contributed by atoms with E-state index in [2.05, 4.69) is 0 Å². The summed E-state index contributed by atoms with van der Waals surface area (Å²) in [7, 11) is 0. The second-order valence-electron chi connectivity index (χ2n) is 5.41. The van der Waals surface area contributed by atoms with E-state index in [9.17, 15) is 22.8 Å². The van der Waals surface area contributed by atoms with Gasteiger partial charge in [-0.3, -0.25) is 9.59 Å². The Morgan fingerprint density at radius 1 is 1.38 bits per heavy atom. The van der Waals surface area contributed by atoms with Crippen LogP contribution >= 0.6 is 0 Å². The molecular formula is C13H18F3NO4. The van der Waals surface area contributed by atoms with Crippen LogP contribution < -0.4 is 0 Å². The van der Waals surface area contributed by atoms with Crippen LogP contribution in [0.5, 0.6) is 0 Å². The molecule has 2 aliphatic rings. The molecule has 0 aromatic heterocycles. The Bertz CT molecular complexity index is 393. The van der Waals surface area contributed by atoms with Gasteiger partial charge in [-0.25, -0.2) is 0 Å².